The lowest BCUT2D eigenvalue weighted by Gasteiger charge is -2.34. The summed E-state index contributed by atoms with van der Waals surface area (Å²) in [5.74, 6) is -0.0637. The molecule has 0 saturated carbocycles. The highest BCUT2D eigenvalue weighted by Crippen LogP contribution is 2.35. The van der Waals surface area contributed by atoms with Gasteiger partial charge < -0.3 is 19.7 Å². The summed E-state index contributed by atoms with van der Waals surface area (Å²) < 4.78 is 38.3. The molecule has 0 unspecified atom stereocenters. The molecule has 1 aliphatic heterocycles. The lowest BCUT2D eigenvalue weighted by atomic mass is 10.0. The van der Waals surface area contributed by atoms with Gasteiger partial charge in [-0.25, -0.2) is 8.42 Å². The SMILES string of the molecule is CCCCNC(=O)[C@H](Cc1ccccc1)N(Cc1ccc(Cl)cc1Cl)C(=O)CN(c1ccc2c(c1)OCCO2)S(C)(=O)=O. The monoisotopic (exact) mass is 647 g/mol. The first-order valence-electron chi connectivity index (χ1n) is 14.0. The highest BCUT2D eigenvalue weighted by molar-refractivity contribution is 7.92. The third kappa shape index (κ3) is 8.78. The van der Waals surface area contributed by atoms with Crippen LogP contribution in [0.3, 0.4) is 0 Å². The van der Waals surface area contributed by atoms with E-state index in [1.807, 2.05) is 37.3 Å². The molecule has 3 aromatic rings. The van der Waals surface area contributed by atoms with E-state index in [0.29, 0.717) is 46.9 Å². The van der Waals surface area contributed by atoms with E-state index >= 15 is 0 Å². The minimum absolute atomic E-state index is 0.0493. The minimum Gasteiger partial charge on any atom is -0.486 e. The molecule has 12 heteroatoms. The van der Waals surface area contributed by atoms with Gasteiger partial charge in [-0.05, 0) is 41.8 Å². The van der Waals surface area contributed by atoms with Crippen LogP contribution in [0.15, 0.2) is 66.7 Å². The van der Waals surface area contributed by atoms with E-state index in [-0.39, 0.29) is 24.6 Å². The number of nitrogens with zero attached hydrogens (tertiary/aromatic N) is 2. The number of unbranched alkanes of at least 4 members (excludes halogenated alkanes) is 1. The predicted molar refractivity (Wildman–Crippen MR) is 168 cm³/mol. The van der Waals surface area contributed by atoms with E-state index in [2.05, 4.69) is 5.32 Å². The fourth-order valence-corrected chi connectivity index (χ4v) is 6.00. The number of nitrogens with one attached hydrogen (secondary N) is 1. The first kappa shape index (κ1) is 32.4. The largest absolute Gasteiger partial charge is 0.486 e. The van der Waals surface area contributed by atoms with Crippen LogP contribution in [0.25, 0.3) is 0 Å². The van der Waals surface area contributed by atoms with E-state index in [1.54, 1.807) is 30.3 Å². The van der Waals surface area contributed by atoms with Gasteiger partial charge in [0.15, 0.2) is 11.5 Å². The van der Waals surface area contributed by atoms with Gasteiger partial charge >= 0.3 is 0 Å². The van der Waals surface area contributed by atoms with Crippen LogP contribution >= 0.6 is 23.2 Å². The number of hydrogen-bond acceptors (Lipinski definition) is 6. The molecule has 0 spiro atoms. The Morgan fingerprint density at radius 2 is 1.70 bits per heavy atom. The number of hydrogen-bond donors (Lipinski definition) is 1. The van der Waals surface area contributed by atoms with Crippen LogP contribution in [0.5, 0.6) is 11.5 Å². The molecule has 0 fully saturated rings. The summed E-state index contributed by atoms with van der Waals surface area (Å²) in [5, 5.41) is 3.69. The number of fused-ring (bicyclic) bond motifs is 1. The summed E-state index contributed by atoms with van der Waals surface area (Å²) >= 11 is 12.6. The van der Waals surface area contributed by atoms with Crippen molar-refractivity contribution in [2.75, 3.05) is 36.9 Å². The molecule has 1 atom stereocenters. The van der Waals surface area contributed by atoms with E-state index in [0.717, 1.165) is 29.0 Å². The molecule has 0 saturated heterocycles. The third-order valence-corrected chi connectivity index (χ3v) is 8.68. The second-order valence-corrected chi connectivity index (χ2v) is 13.0. The Balaban J connectivity index is 1.73. The van der Waals surface area contributed by atoms with Gasteiger partial charge in [-0.3, -0.25) is 13.9 Å². The Labute approximate surface area is 262 Å². The van der Waals surface area contributed by atoms with Gasteiger partial charge in [-0.2, -0.15) is 0 Å². The molecule has 2 amide bonds. The first-order chi connectivity index (χ1) is 20.6. The maximum atomic E-state index is 14.2. The Hall–Kier alpha value is -3.47. The van der Waals surface area contributed by atoms with Crippen LogP contribution in [0.1, 0.15) is 30.9 Å². The van der Waals surface area contributed by atoms with Crippen LogP contribution in [-0.4, -0.2) is 63.7 Å². The van der Waals surface area contributed by atoms with Gasteiger partial charge in [0.2, 0.25) is 21.8 Å². The molecule has 9 nitrogen and oxygen atoms in total. The molecule has 3 aromatic carbocycles. The molecule has 4 rings (SSSR count). The van der Waals surface area contributed by atoms with Crippen LogP contribution in [0, 0.1) is 0 Å². The number of amides is 2. The molecular weight excluding hydrogens is 613 g/mol. The second kappa shape index (κ2) is 14.8. The molecule has 0 aliphatic carbocycles. The average Bonchev–Trinajstić information content (AvgIpc) is 2.98. The number of carbonyl (C=O) groups excluding carboxylic acids is 2. The number of benzene rings is 3. The van der Waals surface area contributed by atoms with Crippen molar-refractivity contribution in [3.63, 3.8) is 0 Å². The Bertz CT molecular complexity index is 1540. The van der Waals surface area contributed by atoms with Gasteiger partial charge in [0.05, 0.1) is 11.9 Å². The van der Waals surface area contributed by atoms with Gasteiger partial charge in [-0.15, -0.1) is 0 Å². The smallest absolute Gasteiger partial charge is 0.244 e. The zero-order valence-electron chi connectivity index (χ0n) is 24.1. The molecule has 1 aliphatic rings. The van der Waals surface area contributed by atoms with Gasteiger partial charge in [-0.1, -0.05) is 72.9 Å². The van der Waals surface area contributed by atoms with Crippen molar-refractivity contribution in [2.45, 2.75) is 38.8 Å². The van der Waals surface area contributed by atoms with Crippen LogP contribution in [-0.2, 0) is 32.6 Å². The van der Waals surface area contributed by atoms with Crippen LogP contribution < -0.4 is 19.1 Å². The maximum absolute atomic E-state index is 14.2. The zero-order chi connectivity index (χ0) is 31.0. The molecule has 0 aromatic heterocycles. The molecule has 0 radical (unpaired) electrons. The molecular formula is C31H35Cl2N3O6S. The van der Waals surface area contributed by atoms with Crippen LogP contribution in [0.2, 0.25) is 10.0 Å². The summed E-state index contributed by atoms with van der Waals surface area (Å²) in [4.78, 5) is 29.3. The highest BCUT2D eigenvalue weighted by Gasteiger charge is 2.33. The Morgan fingerprint density at radius 3 is 2.37 bits per heavy atom. The van der Waals surface area contributed by atoms with Crippen molar-refractivity contribution in [3.8, 4) is 11.5 Å². The fraction of sp³-hybridized carbons (Fsp3) is 0.355. The van der Waals surface area contributed by atoms with E-state index < -0.39 is 28.5 Å². The van der Waals surface area contributed by atoms with Crippen molar-refractivity contribution < 1.29 is 27.5 Å². The number of ether oxygens (including phenoxy) is 2. The lowest BCUT2D eigenvalue weighted by molar-refractivity contribution is -0.140. The van der Waals surface area contributed by atoms with Gasteiger partial charge in [0.1, 0.15) is 25.8 Å². The molecule has 1 heterocycles. The quantitative estimate of drug-likeness (QED) is 0.259. The number of sulfonamides is 1. The predicted octanol–water partition coefficient (Wildman–Crippen LogP) is 5.09. The Kier molecular flexibility index (Phi) is 11.2. The van der Waals surface area contributed by atoms with Crippen molar-refractivity contribution in [1.82, 2.24) is 10.2 Å². The van der Waals surface area contributed by atoms with Crippen LogP contribution in [0.4, 0.5) is 5.69 Å². The normalized spacial score (nSPS) is 13.2. The molecule has 43 heavy (non-hydrogen) atoms. The van der Waals surface area contributed by atoms with Gasteiger partial charge in [0, 0.05) is 35.6 Å². The summed E-state index contributed by atoms with van der Waals surface area (Å²) in [6.45, 7) is 2.55. The van der Waals surface area contributed by atoms with Crippen molar-refractivity contribution >= 4 is 50.7 Å². The van der Waals surface area contributed by atoms with E-state index in [4.69, 9.17) is 32.7 Å². The standard InChI is InChI=1S/C31H35Cl2N3O6S/c1-3-4-14-34-31(38)27(17-22-8-6-5-7-9-22)35(20-23-10-11-24(32)18-26(23)33)30(37)21-36(43(2,39)40)25-12-13-28-29(19-25)42-16-15-41-28/h5-13,18-19,27H,3-4,14-17,20-21H2,1-2H3,(H,34,38)/t27-/m0/s1. The van der Waals surface area contributed by atoms with Crippen molar-refractivity contribution in [2.24, 2.45) is 0 Å². The topological polar surface area (TPSA) is 105 Å². The fourth-order valence-electron chi connectivity index (χ4n) is 4.69. The number of carbonyl (C=O) groups is 2. The van der Waals surface area contributed by atoms with Crippen molar-refractivity contribution in [1.29, 1.82) is 0 Å². The zero-order valence-corrected chi connectivity index (χ0v) is 26.4. The summed E-state index contributed by atoms with van der Waals surface area (Å²) in [6, 6.07) is 18.0. The average molecular weight is 649 g/mol. The minimum atomic E-state index is -3.94. The van der Waals surface area contributed by atoms with E-state index in [9.17, 15) is 18.0 Å². The maximum Gasteiger partial charge on any atom is 0.244 e. The number of anilines is 1. The van der Waals surface area contributed by atoms with E-state index in [1.165, 1.54) is 11.0 Å². The van der Waals surface area contributed by atoms with Gasteiger partial charge in [0.25, 0.3) is 0 Å². The summed E-state index contributed by atoms with van der Waals surface area (Å²) in [6.07, 6.45) is 2.88. The molecule has 1 N–H and O–H groups in total. The number of halogens is 2. The van der Waals surface area contributed by atoms with Crippen molar-refractivity contribution in [3.05, 3.63) is 87.9 Å². The molecule has 230 valence electrons. The second-order valence-electron chi connectivity index (χ2n) is 10.2. The number of rotatable bonds is 13. The highest BCUT2D eigenvalue weighted by atomic mass is 35.5. The summed E-state index contributed by atoms with van der Waals surface area (Å²) in [5.41, 5.74) is 1.63. The summed E-state index contributed by atoms with van der Waals surface area (Å²) in [7, 11) is -3.94. The third-order valence-electron chi connectivity index (χ3n) is 6.95. The first-order valence-corrected chi connectivity index (χ1v) is 16.6. The lowest BCUT2D eigenvalue weighted by Crippen LogP contribution is -2.53. The molecule has 0 bridgehead atoms. The Morgan fingerprint density at radius 1 is 0.977 bits per heavy atom.